The molecule has 0 aromatic carbocycles. The Balaban J connectivity index is 2.16. The van der Waals surface area contributed by atoms with E-state index in [9.17, 15) is 0 Å². The lowest BCUT2D eigenvalue weighted by Gasteiger charge is -2.15. The van der Waals surface area contributed by atoms with E-state index < -0.39 is 0 Å². The summed E-state index contributed by atoms with van der Waals surface area (Å²) < 4.78 is 10.5. The predicted molar refractivity (Wildman–Crippen MR) is 47.7 cm³/mol. The van der Waals surface area contributed by atoms with Crippen molar-refractivity contribution in [2.75, 3.05) is 13.2 Å². The molecule has 0 amide bonds. The van der Waals surface area contributed by atoms with Crippen LogP contribution in [0.5, 0.6) is 0 Å². The number of hydrogen-bond donors (Lipinski definition) is 1. The summed E-state index contributed by atoms with van der Waals surface area (Å²) in [6.07, 6.45) is 1.54. The first-order valence-electron chi connectivity index (χ1n) is 4.31. The minimum absolute atomic E-state index is 0.0839. The molecule has 0 aromatic rings. The van der Waals surface area contributed by atoms with E-state index in [-0.39, 0.29) is 12.3 Å². The van der Waals surface area contributed by atoms with Crippen LogP contribution in [0, 0.1) is 0 Å². The van der Waals surface area contributed by atoms with E-state index in [1.807, 2.05) is 6.92 Å². The van der Waals surface area contributed by atoms with Gasteiger partial charge >= 0.3 is 0 Å². The molecule has 0 spiro atoms. The van der Waals surface area contributed by atoms with Crippen LogP contribution in [0.3, 0.4) is 0 Å². The smallest absolute Gasteiger partial charge is 0.159 e. The maximum absolute atomic E-state index is 5.83. The Morgan fingerprint density at radius 3 is 2.67 bits per heavy atom. The van der Waals surface area contributed by atoms with Gasteiger partial charge in [-0.2, -0.15) is 0 Å². The van der Waals surface area contributed by atoms with Crippen LogP contribution in [0.2, 0.25) is 0 Å². The van der Waals surface area contributed by atoms with Gasteiger partial charge in [0.1, 0.15) is 0 Å². The third-order valence-electron chi connectivity index (χ3n) is 1.80. The van der Waals surface area contributed by atoms with Crippen LogP contribution < -0.4 is 5.73 Å². The van der Waals surface area contributed by atoms with E-state index in [0.717, 1.165) is 18.4 Å². The second-order valence-electron chi connectivity index (χ2n) is 3.33. The third-order valence-corrected chi connectivity index (χ3v) is 1.80. The highest BCUT2D eigenvalue weighted by Crippen LogP contribution is 2.12. The van der Waals surface area contributed by atoms with Gasteiger partial charge in [0.15, 0.2) is 6.29 Å². The fourth-order valence-electron chi connectivity index (χ4n) is 1.32. The first kappa shape index (κ1) is 9.71. The third kappa shape index (κ3) is 3.34. The van der Waals surface area contributed by atoms with Crippen molar-refractivity contribution in [3.8, 4) is 0 Å². The predicted octanol–water partition coefficient (Wildman–Crippen LogP) is 1.04. The first-order valence-corrected chi connectivity index (χ1v) is 4.31. The van der Waals surface area contributed by atoms with Crippen LogP contribution in [-0.2, 0) is 9.47 Å². The second-order valence-corrected chi connectivity index (χ2v) is 3.33. The lowest BCUT2D eigenvalue weighted by atomic mass is 10.1. The molecule has 12 heavy (non-hydrogen) atoms. The lowest BCUT2D eigenvalue weighted by molar-refractivity contribution is -0.0504. The summed E-state index contributed by atoms with van der Waals surface area (Å²) in [5, 5.41) is 0. The van der Waals surface area contributed by atoms with Crippen molar-refractivity contribution in [1.82, 2.24) is 0 Å². The van der Waals surface area contributed by atoms with E-state index in [2.05, 4.69) is 6.58 Å². The molecule has 1 aliphatic rings. The molecule has 1 unspecified atom stereocenters. The van der Waals surface area contributed by atoms with E-state index >= 15 is 0 Å². The van der Waals surface area contributed by atoms with Gasteiger partial charge in [0.25, 0.3) is 0 Å². The Kier molecular flexibility index (Phi) is 3.72. The van der Waals surface area contributed by atoms with E-state index in [1.165, 1.54) is 0 Å². The second kappa shape index (κ2) is 4.60. The van der Waals surface area contributed by atoms with Crippen molar-refractivity contribution in [3.63, 3.8) is 0 Å². The summed E-state index contributed by atoms with van der Waals surface area (Å²) in [6, 6.07) is 0.116. The Hall–Kier alpha value is -0.380. The lowest BCUT2D eigenvalue weighted by Crippen LogP contribution is -2.26. The van der Waals surface area contributed by atoms with Gasteiger partial charge in [-0.1, -0.05) is 5.57 Å². The minimum atomic E-state index is -0.0839. The van der Waals surface area contributed by atoms with Crippen molar-refractivity contribution in [3.05, 3.63) is 12.2 Å². The average Bonchev–Trinajstić information content (AvgIpc) is 2.37. The van der Waals surface area contributed by atoms with E-state index in [0.29, 0.717) is 13.2 Å². The van der Waals surface area contributed by atoms with Gasteiger partial charge in [0.2, 0.25) is 0 Å². The van der Waals surface area contributed by atoms with Gasteiger partial charge in [-0.15, -0.1) is 6.58 Å². The van der Waals surface area contributed by atoms with Gasteiger partial charge in [-0.05, 0) is 13.3 Å². The summed E-state index contributed by atoms with van der Waals surface area (Å²) in [5.74, 6) is 0. The van der Waals surface area contributed by atoms with Crippen molar-refractivity contribution in [2.24, 2.45) is 5.73 Å². The van der Waals surface area contributed by atoms with Gasteiger partial charge in [-0.25, -0.2) is 0 Å². The molecule has 1 rings (SSSR count). The number of rotatable bonds is 4. The molecule has 1 heterocycles. The highest BCUT2D eigenvalue weighted by molar-refractivity contribution is 4.92. The maximum Gasteiger partial charge on any atom is 0.159 e. The number of ether oxygens (including phenoxy) is 2. The zero-order chi connectivity index (χ0) is 8.97. The number of hydrogen-bond acceptors (Lipinski definition) is 3. The van der Waals surface area contributed by atoms with Crippen LogP contribution in [-0.4, -0.2) is 25.5 Å². The van der Waals surface area contributed by atoms with Crippen LogP contribution in [0.4, 0.5) is 0 Å². The summed E-state index contributed by atoms with van der Waals surface area (Å²) in [4.78, 5) is 0. The van der Waals surface area contributed by atoms with Gasteiger partial charge in [0, 0.05) is 12.5 Å². The molecule has 1 aliphatic heterocycles. The zero-order valence-electron chi connectivity index (χ0n) is 7.58. The monoisotopic (exact) mass is 171 g/mol. The molecule has 3 heteroatoms. The largest absolute Gasteiger partial charge is 0.350 e. The average molecular weight is 171 g/mol. The minimum Gasteiger partial charge on any atom is -0.350 e. The van der Waals surface area contributed by atoms with Crippen molar-refractivity contribution in [1.29, 1.82) is 0 Å². The molecule has 0 saturated carbocycles. The highest BCUT2D eigenvalue weighted by Gasteiger charge is 2.18. The zero-order valence-corrected chi connectivity index (χ0v) is 7.58. The molecule has 1 saturated heterocycles. The van der Waals surface area contributed by atoms with Crippen LogP contribution >= 0.6 is 0 Å². The molecule has 1 fully saturated rings. The van der Waals surface area contributed by atoms with E-state index in [1.54, 1.807) is 0 Å². The Morgan fingerprint density at radius 1 is 1.58 bits per heavy atom. The van der Waals surface area contributed by atoms with Crippen LogP contribution in [0.15, 0.2) is 12.2 Å². The summed E-state index contributed by atoms with van der Waals surface area (Å²) >= 11 is 0. The summed E-state index contributed by atoms with van der Waals surface area (Å²) in [7, 11) is 0. The molecule has 0 aromatic heterocycles. The quantitative estimate of drug-likeness (QED) is 0.643. The summed E-state index contributed by atoms with van der Waals surface area (Å²) in [5.41, 5.74) is 6.95. The molecule has 0 radical (unpaired) electrons. The van der Waals surface area contributed by atoms with Crippen molar-refractivity contribution >= 4 is 0 Å². The Bertz CT molecular complexity index is 153. The van der Waals surface area contributed by atoms with E-state index in [4.69, 9.17) is 15.2 Å². The van der Waals surface area contributed by atoms with Crippen molar-refractivity contribution in [2.45, 2.75) is 32.1 Å². The molecule has 1 atom stereocenters. The van der Waals surface area contributed by atoms with Gasteiger partial charge < -0.3 is 15.2 Å². The molecule has 0 aliphatic carbocycles. The van der Waals surface area contributed by atoms with Gasteiger partial charge in [-0.3, -0.25) is 0 Å². The van der Waals surface area contributed by atoms with Crippen molar-refractivity contribution < 1.29 is 9.47 Å². The Labute approximate surface area is 73.5 Å². The SMILES string of the molecule is C=C(C)CC(N)CC1OCCO1. The highest BCUT2D eigenvalue weighted by atomic mass is 16.7. The molecule has 70 valence electrons. The van der Waals surface area contributed by atoms with Crippen LogP contribution in [0.1, 0.15) is 19.8 Å². The molecule has 3 nitrogen and oxygen atoms in total. The van der Waals surface area contributed by atoms with Gasteiger partial charge in [0.05, 0.1) is 13.2 Å². The Morgan fingerprint density at radius 2 is 2.17 bits per heavy atom. The normalized spacial score (nSPS) is 21.2. The molecular formula is C9H17NO2. The molecule has 2 N–H and O–H groups in total. The fourth-order valence-corrected chi connectivity index (χ4v) is 1.32. The summed E-state index contributed by atoms with van der Waals surface area (Å²) in [6.45, 7) is 7.19. The first-order chi connectivity index (χ1) is 5.68. The molecular weight excluding hydrogens is 154 g/mol. The maximum atomic E-state index is 5.83. The number of nitrogens with two attached hydrogens (primary N) is 1. The standard InChI is InChI=1S/C9H17NO2/c1-7(2)5-8(10)6-9-11-3-4-12-9/h8-9H,1,3-6,10H2,2H3. The fraction of sp³-hybridized carbons (Fsp3) is 0.778. The molecule has 0 bridgehead atoms. The van der Waals surface area contributed by atoms with Crippen LogP contribution in [0.25, 0.3) is 0 Å². The topological polar surface area (TPSA) is 44.5 Å².